The van der Waals surface area contributed by atoms with Crippen LogP contribution >= 0.6 is 0 Å². The van der Waals surface area contributed by atoms with E-state index in [1.807, 2.05) is 38.1 Å². The molecular formula is C13H17NO2. The highest BCUT2D eigenvalue weighted by Gasteiger charge is 2.19. The molecule has 0 aromatic heterocycles. The van der Waals surface area contributed by atoms with Crippen molar-refractivity contribution in [2.75, 3.05) is 13.2 Å². The molecule has 0 fully saturated rings. The third-order valence-electron chi connectivity index (χ3n) is 1.98. The molecule has 1 aromatic rings. The Morgan fingerprint density at radius 3 is 2.69 bits per heavy atom. The highest BCUT2D eigenvalue weighted by atomic mass is 16.5. The summed E-state index contributed by atoms with van der Waals surface area (Å²) in [7, 11) is 0. The number of para-hydroxylation sites is 1. The number of aliphatic hydroxyl groups is 1. The van der Waals surface area contributed by atoms with Crippen molar-refractivity contribution in [3.05, 3.63) is 29.8 Å². The van der Waals surface area contributed by atoms with Crippen LogP contribution in [0, 0.1) is 11.8 Å². The molecule has 1 aromatic carbocycles. The average Bonchev–Trinajstić information content (AvgIpc) is 2.27. The lowest BCUT2D eigenvalue weighted by molar-refractivity contribution is 0.0410. The molecule has 16 heavy (non-hydrogen) atoms. The minimum Gasteiger partial charge on any atom is -0.484 e. The average molecular weight is 219 g/mol. The molecule has 0 unspecified atom stereocenters. The smallest absolute Gasteiger partial charge is 0.135 e. The molecule has 3 N–H and O–H groups in total. The molecule has 0 aliphatic rings. The van der Waals surface area contributed by atoms with Crippen LogP contribution in [0.5, 0.6) is 5.75 Å². The molecule has 0 aliphatic carbocycles. The Kier molecular flexibility index (Phi) is 4.36. The van der Waals surface area contributed by atoms with Crippen molar-refractivity contribution < 1.29 is 9.84 Å². The second kappa shape index (κ2) is 5.55. The molecule has 3 nitrogen and oxygen atoms in total. The zero-order valence-electron chi connectivity index (χ0n) is 9.66. The largest absolute Gasteiger partial charge is 0.484 e. The van der Waals surface area contributed by atoms with Gasteiger partial charge in [0.15, 0.2) is 0 Å². The molecule has 0 radical (unpaired) electrons. The molecule has 0 saturated heterocycles. The van der Waals surface area contributed by atoms with Crippen molar-refractivity contribution in [2.45, 2.75) is 19.4 Å². The minimum absolute atomic E-state index is 0.0499. The monoisotopic (exact) mass is 219 g/mol. The first-order chi connectivity index (χ1) is 7.59. The summed E-state index contributed by atoms with van der Waals surface area (Å²) in [6.07, 6.45) is 0. The predicted molar refractivity (Wildman–Crippen MR) is 64.2 cm³/mol. The van der Waals surface area contributed by atoms with Crippen LogP contribution in [-0.2, 0) is 0 Å². The molecule has 0 atom stereocenters. The number of hydrogen-bond donors (Lipinski definition) is 2. The van der Waals surface area contributed by atoms with Gasteiger partial charge in [-0.2, -0.15) is 0 Å². The van der Waals surface area contributed by atoms with Gasteiger partial charge in [-0.1, -0.05) is 24.0 Å². The van der Waals surface area contributed by atoms with Gasteiger partial charge in [0, 0.05) is 0 Å². The number of rotatable bonds is 3. The van der Waals surface area contributed by atoms with E-state index >= 15 is 0 Å². The first-order valence-corrected chi connectivity index (χ1v) is 5.17. The highest BCUT2D eigenvalue weighted by Crippen LogP contribution is 2.22. The first-order valence-electron chi connectivity index (χ1n) is 5.17. The van der Waals surface area contributed by atoms with E-state index in [4.69, 9.17) is 15.6 Å². The summed E-state index contributed by atoms with van der Waals surface area (Å²) in [6.45, 7) is 3.91. The zero-order chi connectivity index (χ0) is 12.0. The molecule has 0 aliphatic heterocycles. The third-order valence-corrected chi connectivity index (χ3v) is 1.98. The maximum atomic E-state index is 9.14. The fourth-order valence-corrected chi connectivity index (χ4v) is 1.14. The fraction of sp³-hybridized carbons (Fsp3) is 0.385. The van der Waals surface area contributed by atoms with Gasteiger partial charge in [-0.25, -0.2) is 0 Å². The Morgan fingerprint density at radius 1 is 1.38 bits per heavy atom. The van der Waals surface area contributed by atoms with Gasteiger partial charge in [-0.3, -0.25) is 0 Å². The number of nitrogens with two attached hydrogens (primary N) is 1. The van der Waals surface area contributed by atoms with Crippen molar-refractivity contribution >= 4 is 0 Å². The van der Waals surface area contributed by atoms with Crippen LogP contribution in [0.3, 0.4) is 0 Å². The molecule has 1 rings (SSSR count). The van der Waals surface area contributed by atoms with E-state index in [0.29, 0.717) is 12.3 Å². The van der Waals surface area contributed by atoms with E-state index in [2.05, 4.69) is 11.8 Å². The number of benzene rings is 1. The van der Waals surface area contributed by atoms with Crippen LogP contribution < -0.4 is 10.5 Å². The Bertz CT molecular complexity index is 402. The van der Waals surface area contributed by atoms with E-state index in [1.54, 1.807) is 0 Å². The van der Waals surface area contributed by atoms with Crippen molar-refractivity contribution in [1.82, 2.24) is 0 Å². The van der Waals surface area contributed by atoms with Crippen LogP contribution in [0.25, 0.3) is 0 Å². The van der Waals surface area contributed by atoms with Crippen molar-refractivity contribution in [2.24, 2.45) is 5.73 Å². The molecule has 3 heteroatoms. The van der Waals surface area contributed by atoms with Gasteiger partial charge in [0.25, 0.3) is 0 Å². The summed E-state index contributed by atoms with van der Waals surface area (Å²) >= 11 is 0. The van der Waals surface area contributed by atoms with E-state index in [-0.39, 0.29) is 6.61 Å². The lowest BCUT2D eigenvalue weighted by Crippen LogP contribution is -2.32. The summed E-state index contributed by atoms with van der Waals surface area (Å²) in [5.74, 6) is 6.39. The molecule has 0 saturated carbocycles. The predicted octanol–water partition coefficient (Wildman–Crippen LogP) is 1.15. The Labute approximate surface area is 96.2 Å². The first kappa shape index (κ1) is 12.6. The normalized spacial score (nSPS) is 10.5. The molecule has 0 spiro atoms. The minimum atomic E-state index is -0.611. The van der Waals surface area contributed by atoms with Gasteiger partial charge in [-0.05, 0) is 26.0 Å². The number of aliphatic hydroxyl groups excluding tert-OH is 1. The highest BCUT2D eigenvalue weighted by molar-refractivity contribution is 5.46. The lowest BCUT2D eigenvalue weighted by Gasteiger charge is -2.24. The van der Waals surface area contributed by atoms with Gasteiger partial charge in [-0.15, -0.1) is 0 Å². The SMILES string of the molecule is CC(C)(CO)Oc1ccccc1C#CCN. The van der Waals surface area contributed by atoms with Crippen LogP contribution in [0.1, 0.15) is 19.4 Å². The van der Waals surface area contributed by atoms with Crippen molar-refractivity contribution in [3.63, 3.8) is 0 Å². The summed E-state index contributed by atoms with van der Waals surface area (Å²) < 4.78 is 5.69. The van der Waals surface area contributed by atoms with Gasteiger partial charge >= 0.3 is 0 Å². The lowest BCUT2D eigenvalue weighted by atomic mass is 10.1. The molecule has 0 heterocycles. The van der Waals surface area contributed by atoms with E-state index in [0.717, 1.165) is 5.56 Å². The maximum absolute atomic E-state index is 9.14. The molecule has 0 amide bonds. The standard InChI is InChI=1S/C13H17NO2/c1-13(2,10-15)16-12-8-4-3-6-11(12)7-5-9-14/h3-4,6,8,15H,9-10,14H2,1-2H3. The van der Waals surface area contributed by atoms with Crippen molar-refractivity contribution in [3.8, 4) is 17.6 Å². The molecule has 0 bridgehead atoms. The van der Waals surface area contributed by atoms with Crippen LogP contribution in [0.2, 0.25) is 0 Å². The van der Waals surface area contributed by atoms with E-state index < -0.39 is 5.60 Å². The maximum Gasteiger partial charge on any atom is 0.135 e. The van der Waals surface area contributed by atoms with E-state index in [1.165, 1.54) is 0 Å². The van der Waals surface area contributed by atoms with Crippen molar-refractivity contribution in [1.29, 1.82) is 0 Å². The summed E-state index contributed by atoms with van der Waals surface area (Å²) in [5, 5.41) is 9.14. The van der Waals surface area contributed by atoms with Gasteiger partial charge in [0.05, 0.1) is 18.7 Å². The summed E-state index contributed by atoms with van der Waals surface area (Å²) in [5.41, 5.74) is 5.50. The second-order valence-electron chi connectivity index (χ2n) is 4.02. The van der Waals surface area contributed by atoms with Gasteiger partial charge in [0.2, 0.25) is 0 Å². The topological polar surface area (TPSA) is 55.5 Å². The Hall–Kier alpha value is -1.50. The van der Waals surface area contributed by atoms with E-state index in [9.17, 15) is 0 Å². The zero-order valence-corrected chi connectivity index (χ0v) is 9.66. The molecule has 86 valence electrons. The Morgan fingerprint density at radius 2 is 2.06 bits per heavy atom. The summed E-state index contributed by atoms with van der Waals surface area (Å²) in [6, 6.07) is 7.46. The summed E-state index contributed by atoms with van der Waals surface area (Å²) in [4.78, 5) is 0. The third kappa shape index (κ3) is 3.58. The van der Waals surface area contributed by atoms with Crippen LogP contribution in [-0.4, -0.2) is 23.9 Å². The fourth-order valence-electron chi connectivity index (χ4n) is 1.14. The Balaban J connectivity index is 2.95. The quantitative estimate of drug-likeness (QED) is 0.750. The second-order valence-corrected chi connectivity index (χ2v) is 4.02. The molecular weight excluding hydrogens is 202 g/mol. The number of hydrogen-bond acceptors (Lipinski definition) is 3. The number of ether oxygens (including phenoxy) is 1. The van der Waals surface area contributed by atoms with Crippen LogP contribution in [0.4, 0.5) is 0 Å². The van der Waals surface area contributed by atoms with Gasteiger partial charge in [0.1, 0.15) is 11.4 Å². The van der Waals surface area contributed by atoms with Crippen LogP contribution in [0.15, 0.2) is 24.3 Å². The van der Waals surface area contributed by atoms with Gasteiger partial charge < -0.3 is 15.6 Å².